The fourth-order valence-electron chi connectivity index (χ4n) is 2.08. The number of hydrogen-bond donors (Lipinski definition) is 1. The van der Waals surface area contributed by atoms with Crippen molar-refractivity contribution in [3.05, 3.63) is 23.8 Å². The van der Waals surface area contributed by atoms with Crippen LogP contribution in [0.1, 0.15) is 25.8 Å². The number of nitrogens with zero attached hydrogens (tertiary/aromatic N) is 1. The first-order valence-corrected chi connectivity index (χ1v) is 8.38. The molecule has 0 aliphatic carbocycles. The van der Waals surface area contributed by atoms with Crippen molar-refractivity contribution < 1.29 is 9.53 Å². The summed E-state index contributed by atoms with van der Waals surface area (Å²) in [5.74, 6) is 1.01. The monoisotopic (exact) mass is 310 g/mol. The average molecular weight is 310 g/mol. The third kappa shape index (κ3) is 4.64. The van der Waals surface area contributed by atoms with Crippen LogP contribution in [0.25, 0.3) is 0 Å². The van der Waals surface area contributed by atoms with Gasteiger partial charge in [-0.2, -0.15) is 0 Å². The van der Waals surface area contributed by atoms with Gasteiger partial charge in [0.2, 0.25) is 5.91 Å². The molecule has 0 aliphatic rings. The maximum absolute atomic E-state index is 12.3. The Morgan fingerprint density at radius 1 is 1.48 bits per heavy atom. The Labute approximate surface area is 132 Å². The molecule has 4 nitrogen and oxygen atoms in total. The van der Waals surface area contributed by atoms with Gasteiger partial charge in [-0.3, -0.25) is 4.79 Å². The van der Waals surface area contributed by atoms with Gasteiger partial charge in [0.15, 0.2) is 0 Å². The van der Waals surface area contributed by atoms with Crippen LogP contribution in [-0.2, 0) is 11.3 Å². The quantitative estimate of drug-likeness (QED) is 0.787. The van der Waals surface area contributed by atoms with Gasteiger partial charge < -0.3 is 15.4 Å². The van der Waals surface area contributed by atoms with E-state index in [1.807, 2.05) is 38.3 Å². The summed E-state index contributed by atoms with van der Waals surface area (Å²) in [6.45, 7) is 4.59. The van der Waals surface area contributed by atoms with Gasteiger partial charge in [-0.05, 0) is 29.9 Å². The van der Waals surface area contributed by atoms with Gasteiger partial charge in [0, 0.05) is 18.5 Å². The van der Waals surface area contributed by atoms with Gasteiger partial charge in [0.25, 0.3) is 0 Å². The fourth-order valence-corrected chi connectivity index (χ4v) is 2.63. The maximum Gasteiger partial charge on any atom is 0.239 e. The van der Waals surface area contributed by atoms with Crippen LogP contribution in [0.15, 0.2) is 23.1 Å². The third-order valence-electron chi connectivity index (χ3n) is 3.79. The van der Waals surface area contributed by atoms with Crippen molar-refractivity contribution in [2.75, 3.05) is 20.4 Å². The van der Waals surface area contributed by atoms with E-state index in [-0.39, 0.29) is 11.8 Å². The van der Waals surface area contributed by atoms with Crippen molar-refractivity contribution in [2.24, 2.45) is 11.7 Å². The second-order valence-electron chi connectivity index (χ2n) is 5.29. The molecule has 2 atom stereocenters. The molecule has 1 rings (SSSR count). The predicted molar refractivity (Wildman–Crippen MR) is 88.7 cm³/mol. The molecule has 1 aromatic rings. The van der Waals surface area contributed by atoms with Crippen LogP contribution in [0.4, 0.5) is 0 Å². The molecule has 2 N–H and O–H groups in total. The van der Waals surface area contributed by atoms with Gasteiger partial charge in [0.05, 0.1) is 13.2 Å². The molecule has 0 radical (unpaired) electrons. The second kappa shape index (κ2) is 8.29. The van der Waals surface area contributed by atoms with Gasteiger partial charge in [-0.1, -0.05) is 26.3 Å². The Bertz CT molecular complexity index is 479. The highest BCUT2D eigenvalue weighted by atomic mass is 32.2. The smallest absolute Gasteiger partial charge is 0.239 e. The Hall–Kier alpha value is -1.20. The summed E-state index contributed by atoms with van der Waals surface area (Å²) in [6, 6.07) is 5.58. The van der Waals surface area contributed by atoms with Crippen molar-refractivity contribution in [1.29, 1.82) is 0 Å². The first-order valence-electron chi connectivity index (χ1n) is 7.16. The highest BCUT2D eigenvalue weighted by Gasteiger charge is 2.22. The molecule has 2 unspecified atom stereocenters. The third-order valence-corrected chi connectivity index (χ3v) is 4.56. The maximum atomic E-state index is 12.3. The Morgan fingerprint density at radius 3 is 2.67 bits per heavy atom. The number of nitrogens with two attached hydrogens (primary N) is 1. The predicted octanol–water partition coefficient (Wildman–Crippen LogP) is 2.75. The fraction of sp³-hybridized carbons (Fsp3) is 0.562. The molecular formula is C16H26N2O2S. The number of methoxy groups -OCH3 is 1. The number of amides is 1. The summed E-state index contributed by atoms with van der Waals surface area (Å²) in [6.07, 6.45) is 2.91. The minimum absolute atomic E-state index is 0.0164. The van der Waals surface area contributed by atoms with E-state index in [1.165, 1.54) is 0 Å². The summed E-state index contributed by atoms with van der Waals surface area (Å²) in [4.78, 5) is 15.1. The van der Waals surface area contributed by atoms with Gasteiger partial charge in [-0.25, -0.2) is 0 Å². The topological polar surface area (TPSA) is 55.6 Å². The molecule has 0 heterocycles. The van der Waals surface area contributed by atoms with Crippen LogP contribution < -0.4 is 10.5 Å². The number of thioether (sulfide) groups is 1. The van der Waals surface area contributed by atoms with Crippen LogP contribution >= 0.6 is 11.8 Å². The molecule has 0 bridgehead atoms. The van der Waals surface area contributed by atoms with E-state index >= 15 is 0 Å². The minimum atomic E-state index is -0.438. The number of ether oxygens (including phenoxy) is 1. The number of benzene rings is 1. The largest absolute Gasteiger partial charge is 0.496 e. The zero-order valence-corrected chi connectivity index (χ0v) is 14.4. The summed E-state index contributed by atoms with van der Waals surface area (Å²) in [5.41, 5.74) is 7.05. The van der Waals surface area contributed by atoms with Crippen molar-refractivity contribution in [3.63, 3.8) is 0 Å². The second-order valence-corrected chi connectivity index (χ2v) is 6.14. The van der Waals surface area contributed by atoms with E-state index in [0.29, 0.717) is 6.54 Å². The van der Waals surface area contributed by atoms with E-state index < -0.39 is 6.04 Å². The first-order chi connectivity index (χ1) is 9.94. The van der Waals surface area contributed by atoms with Crippen LogP contribution in [0, 0.1) is 5.92 Å². The van der Waals surface area contributed by atoms with Crippen molar-refractivity contribution in [3.8, 4) is 5.75 Å². The normalized spacial score (nSPS) is 13.6. The molecule has 0 saturated carbocycles. The lowest BCUT2D eigenvalue weighted by molar-refractivity contribution is -0.132. The molecule has 0 fully saturated rings. The standard InChI is InChI=1S/C16H26N2O2S/c1-6-11(2)15(17)16(19)18(3)10-12-7-8-14(21-5)13(9-12)20-4/h7-9,11,15H,6,10,17H2,1-5H3. The van der Waals surface area contributed by atoms with Crippen LogP contribution in [-0.4, -0.2) is 37.3 Å². The highest BCUT2D eigenvalue weighted by Crippen LogP contribution is 2.28. The number of carbonyl (C=O) groups is 1. The molecule has 5 heteroatoms. The van der Waals surface area contributed by atoms with E-state index in [1.54, 1.807) is 30.8 Å². The zero-order chi connectivity index (χ0) is 16.0. The molecule has 0 aromatic heterocycles. The van der Waals surface area contributed by atoms with Crippen LogP contribution in [0.3, 0.4) is 0 Å². The molecule has 1 amide bonds. The SMILES string of the molecule is CCC(C)C(N)C(=O)N(C)Cc1ccc(SC)c(OC)c1. The summed E-state index contributed by atoms with van der Waals surface area (Å²) < 4.78 is 5.37. The first kappa shape index (κ1) is 17.9. The van der Waals surface area contributed by atoms with E-state index in [0.717, 1.165) is 22.6 Å². The van der Waals surface area contributed by atoms with Crippen molar-refractivity contribution in [1.82, 2.24) is 4.90 Å². The van der Waals surface area contributed by atoms with Gasteiger partial charge in [-0.15, -0.1) is 11.8 Å². The van der Waals surface area contributed by atoms with Gasteiger partial charge >= 0.3 is 0 Å². The minimum Gasteiger partial charge on any atom is -0.496 e. The average Bonchev–Trinajstić information content (AvgIpc) is 2.52. The van der Waals surface area contributed by atoms with Gasteiger partial charge in [0.1, 0.15) is 5.75 Å². The Balaban J connectivity index is 2.78. The molecule has 0 spiro atoms. The number of likely N-dealkylation sites (N-methyl/N-ethyl adjacent to an activating group) is 1. The molecule has 1 aromatic carbocycles. The molecule has 0 aliphatic heterocycles. The summed E-state index contributed by atoms with van der Waals surface area (Å²) in [5, 5.41) is 0. The van der Waals surface area contributed by atoms with Crippen molar-refractivity contribution in [2.45, 2.75) is 37.8 Å². The number of hydrogen-bond acceptors (Lipinski definition) is 4. The number of rotatable bonds is 7. The van der Waals surface area contributed by atoms with Crippen LogP contribution in [0.5, 0.6) is 5.75 Å². The van der Waals surface area contributed by atoms with Crippen molar-refractivity contribution >= 4 is 17.7 Å². The zero-order valence-electron chi connectivity index (χ0n) is 13.6. The number of carbonyl (C=O) groups excluding carboxylic acids is 1. The van der Waals surface area contributed by atoms with E-state index in [4.69, 9.17) is 10.5 Å². The highest BCUT2D eigenvalue weighted by molar-refractivity contribution is 7.98. The Morgan fingerprint density at radius 2 is 2.14 bits per heavy atom. The lowest BCUT2D eigenvalue weighted by Gasteiger charge is -2.25. The summed E-state index contributed by atoms with van der Waals surface area (Å²) in [7, 11) is 3.45. The molecule has 21 heavy (non-hydrogen) atoms. The van der Waals surface area contributed by atoms with E-state index in [2.05, 4.69) is 0 Å². The molecular weight excluding hydrogens is 284 g/mol. The summed E-state index contributed by atoms with van der Waals surface area (Å²) >= 11 is 1.64. The Kier molecular flexibility index (Phi) is 7.05. The lowest BCUT2D eigenvalue weighted by atomic mass is 9.99. The molecule has 118 valence electrons. The molecule has 0 saturated heterocycles. The van der Waals surface area contributed by atoms with E-state index in [9.17, 15) is 4.79 Å². The van der Waals surface area contributed by atoms with Crippen LogP contribution in [0.2, 0.25) is 0 Å². The lowest BCUT2D eigenvalue weighted by Crippen LogP contribution is -2.45.